The molecule has 2 aliphatic rings. The van der Waals surface area contributed by atoms with Crippen molar-refractivity contribution in [3.05, 3.63) is 58.7 Å². The molecule has 1 saturated carbocycles. The Morgan fingerprint density at radius 3 is 2.63 bits per heavy atom. The smallest absolute Gasteiger partial charge is 0.160 e. The first-order valence-corrected chi connectivity index (χ1v) is 10.3. The fraction of sp³-hybridized carbons (Fsp3) is 0.500. The highest BCUT2D eigenvalue weighted by atomic mass is 16.5. The maximum absolute atomic E-state index is 10.2. The third-order valence-electron chi connectivity index (χ3n) is 6.87. The van der Waals surface area contributed by atoms with Crippen LogP contribution in [0.25, 0.3) is 0 Å². The molecule has 1 N–H and O–H groups in total. The average molecular weight is 367 g/mol. The molecule has 1 fully saturated rings. The van der Waals surface area contributed by atoms with Crippen molar-refractivity contribution >= 4 is 0 Å². The molecule has 144 valence electrons. The Labute approximate surface area is 163 Å². The summed E-state index contributed by atoms with van der Waals surface area (Å²) in [7, 11) is 4.05. The van der Waals surface area contributed by atoms with E-state index in [0.29, 0.717) is 11.8 Å². The Morgan fingerprint density at radius 1 is 1.15 bits per heavy atom. The van der Waals surface area contributed by atoms with Gasteiger partial charge in [0.15, 0.2) is 11.5 Å². The molecule has 0 saturated heterocycles. The van der Waals surface area contributed by atoms with Gasteiger partial charge in [-0.05, 0) is 43.0 Å². The van der Waals surface area contributed by atoms with Crippen LogP contribution in [0.15, 0.2) is 36.4 Å². The van der Waals surface area contributed by atoms with E-state index in [1.54, 1.807) is 7.11 Å². The summed E-state index contributed by atoms with van der Waals surface area (Å²) in [6.45, 7) is 4.67. The number of phenols is 1. The Bertz CT molecular complexity index is 827. The summed E-state index contributed by atoms with van der Waals surface area (Å²) < 4.78 is 6.34. The number of hydrogen-bond donors (Lipinski definition) is 1. The molecule has 0 unspecified atom stereocenters. The van der Waals surface area contributed by atoms with Crippen molar-refractivity contribution in [2.45, 2.75) is 45.1 Å². The van der Waals surface area contributed by atoms with Crippen LogP contribution in [0.2, 0.25) is 0 Å². The van der Waals surface area contributed by atoms with Gasteiger partial charge in [0.25, 0.3) is 0 Å². The lowest BCUT2D eigenvalue weighted by molar-refractivity contribution is -0.945. The number of benzene rings is 2. The molecule has 3 heteroatoms. The summed E-state index contributed by atoms with van der Waals surface area (Å²) in [5.74, 6) is 1.67. The summed E-state index contributed by atoms with van der Waals surface area (Å²) in [6.07, 6.45) is 6.31. The maximum Gasteiger partial charge on any atom is 0.160 e. The third kappa shape index (κ3) is 3.58. The Morgan fingerprint density at radius 2 is 1.96 bits per heavy atom. The monoisotopic (exact) mass is 366 g/mol. The second kappa shape index (κ2) is 7.20. The van der Waals surface area contributed by atoms with Crippen molar-refractivity contribution in [2.75, 3.05) is 27.2 Å². The highest BCUT2D eigenvalue weighted by Crippen LogP contribution is 2.41. The number of quaternary nitrogens is 1. The lowest BCUT2D eigenvalue weighted by Crippen LogP contribution is -2.55. The predicted molar refractivity (Wildman–Crippen MR) is 109 cm³/mol. The van der Waals surface area contributed by atoms with Crippen LogP contribution in [0.5, 0.6) is 11.5 Å². The zero-order valence-corrected chi connectivity index (χ0v) is 16.9. The Balaban J connectivity index is 1.68. The van der Waals surface area contributed by atoms with Crippen LogP contribution >= 0.6 is 0 Å². The molecule has 2 aromatic carbocycles. The number of aryl methyl sites for hydroxylation is 1. The molecular weight excluding hydrogens is 334 g/mol. The quantitative estimate of drug-likeness (QED) is 0.771. The molecule has 1 aliphatic carbocycles. The van der Waals surface area contributed by atoms with E-state index in [1.165, 1.54) is 61.0 Å². The number of nitrogens with zero attached hydrogens (tertiary/aromatic N) is 1. The molecule has 0 spiro atoms. The Hall–Kier alpha value is -2.00. The van der Waals surface area contributed by atoms with Crippen LogP contribution in [-0.2, 0) is 12.8 Å². The van der Waals surface area contributed by atoms with Gasteiger partial charge >= 0.3 is 0 Å². The molecule has 27 heavy (non-hydrogen) atoms. The van der Waals surface area contributed by atoms with Gasteiger partial charge in [-0.3, -0.25) is 0 Å². The average Bonchev–Trinajstić information content (AvgIpc) is 2.61. The van der Waals surface area contributed by atoms with E-state index in [9.17, 15) is 5.11 Å². The minimum atomic E-state index is 0.239. The summed E-state index contributed by atoms with van der Waals surface area (Å²) >= 11 is 0. The van der Waals surface area contributed by atoms with Gasteiger partial charge < -0.3 is 14.3 Å². The fourth-order valence-electron chi connectivity index (χ4n) is 5.04. The zero-order valence-electron chi connectivity index (χ0n) is 16.9. The fourth-order valence-corrected chi connectivity index (χ4v) is 5.04. The molecule has 1 heterocycles. The van der Waals surface area contributed by atoms with Crippen molar-refractivity contribution in [1.29, 1.82) is 0 Å². The van der Waals surface area contributed by atoms with Gasteiger partial charge in [0, 0.05) is 24.3 Å². The van der Waals surface area contributed by atoms with Crippen molar-refractivity contribution in [3.63, 3.8) is 0 Å². The lowest BCUT2D eigenvalue weighted by atomic mass is 9.80. The SMILES string of the molecule is COc1ccc(C[C@H]2c3ccc(C)cc3CC[N@@+]2(C)CC2CCC2)cc1O. The first-order chi connectivity index (χ1) is 13.0. The third-order valence-corrected chi connectivity index (χ3v) is 6.87. The minimum Gasteiger partial charge on any atom is -0.504 e. The molecule has 1 aliphatic heterocycles. The highest BCUT2D eigenvalue weighted by molar-refractivity contribution is 5.43. The predicted octanol–water partition coefficient (Wildman–Crippen LogP) is 4.80. The Kier molecular flexibility index (Phi) is 4.90. The highest BCUT2D eigenvalue weighted by Gasteiger charge is 2.41. The molecule has 2 atom stereocenters. The number of fused-ring (bicyclic) bond motifs is 1. The number of methoxy groups -OCH3 is 1. The van der Waals surface area contributed by atoms with Crippen LogP contribution in [0.4, 0.5) is 0 Å². The summed E-state index contributed by atoms with van der Waals surface area (Å²) in [4.78, 5) is 0. The number of likely N-dealkylation sites (N-methyl/N-ethyl adjacent to an activating group) is 1. The van der Waals surface area contributed by atoms with Crippen molar-refractivity contribution in [2.24, 2.45) is 5.92 Å². The van der Waals surface area contributed by atoms with Crippen LogP contribution < -0.4 is 4.74 Å². The molecule has 2 aromatic rings. The van der Waals surface area contributed by atoms with E-state index < -0.39 is 0 Å². The molecule has 4 rings (SSSR count). The second-order valence-electron chi connectivity index (χ2n) is 8.86. The molecule has 0 aromatic heterocycles. The number of hydrogen-bond acceptors (Lipinski definition) is 2. The van der Waals surface area contributed by atoms with Gasteiger partial charge in [-0.1, -0.05) is 36.2 Å². The van der Waals surface area contributed by atoms with E-state index in [-0.39, 0.29) is 5.75 Å². The van der Waals surface area contributed by atoms with Gasteiger partial charge in [0.2, 0.25) is 0 Å². The van der Waals surface area contributed by atoms with Crippen molar-refractivity contribution < 1.29 is 14.3 Å². The number of aromatic hydroxyl groups is 1. The maximum atomic E-state index is 10.2. The van der Waals surface area contributed by atoms with Gasteiger partial charge in [-0.25, -0.2) is 0 Å². The van der Waals surface area contributed by atoms with Gasteiger partial charge in [0.05, 0.1) is 27.2 Å². The minimum absolute atomic E-state index is 0.239. The zero-order chi connectivity index (χ0) is 19.0. The summed E-state index contributed by atoms with van der Waals surface area (Å²) in [6, 6.07) is 13.3. The largest absolute Gasteiger partial charge is 0.504 e. The van der Waals surface area contributed by atoms with Gasteiger partial charge in [-0.15, -0.1) is 0 Å². The first-order valence-electron chi connectivity index (χ1n) is 10.3. The van der Waals surface area contributed by atoms with Gasteiger partial charge in [0.1, 0.15) is 6.04 Å². The molecule has 3 nitrogen and oxygen atoms in total. The van der Waals surface area contributed by atoms with E-state index in [2.05, 4.69) is 38.2 Å². The number of phenolic OH excluding ortho intramolecular Hbond substituents is 1. The van der Waals surface area contributed by atoms with Crippen LogP contribution in [0.1, 0.15) is 47.6 Å². The first kappa shape index (κ1) is 18.4. The summed E-state index contributed by atoms with van der Waals surface area (Å²) in [5, 5.41) is 10.2. The van der Waals surface area contributed by atoms with Crippen molar-refractivity contribution in [3.8, 4) is 11.5 Å². The second-order valence-corrected chi connectivity index (χ2v) is 8.86. The normalized spacial score (nSPS) is 24.9. The van der Waals surface area contributed by atoms with E-state index in [0.717, 1.165) is 16.8 Å². The van der Waals surface area contributed by atoms with E-state index in [1.807, 2.05) is 12.1 Å². The van der Waals surface area contributed by atoms with Crippen LogP contribution in [-0.4, -0.2) is 36.8 Å². The molecule has 0 bridgehead atoms. The molecule has 0 amide bonds. The number of rotatable bonds is 5. The van der Waals surface area contributed by atoms with Gasteiger partial charge in [-0.2, -0.15) is 0 Å². The molecule has 0 radical (unpaired) electrons. The lowest BCUT2D eigenvalue weighted by Gasteiger charge is -2.48. The standard InChI is InChI=1S/C24H31NO2/c1-17-7-9-21-20(13-17)11-12-25(2,16-18-5-4-6-18)22(21)14-19-8-10-24(27-3)23(26)15-19/h7-10,13,15,18,22H,4-6,11-12,14,16H2,1-3H3/p+1/t22-,25-/m0/s1. The molecular formula is C24H32NO2+. The van der Waals surface area contributed by atoms with Crippen LogP contribution in [0, 0.1) is 12.8 Å². The van der Waals surface area contributed by atoms with Crippen molar-refractivity contribution in [1.82, 2.24) is 0 Å². The topological polar surface area (TPSA) is 29.5 Å². The van der Waals surface area contributed by atoms with E-state index >= 15 is 0 Å². The number of ether oxygens (including phenoxy) is 1. The summed E-state index contributed by atoms with van der Waals surface area (Å²) in [5.41, 5.74) is 5.56. The van der Waals surface area contributed by atoms with Crippen LogP contribution in [0.3, 0.4) is 0 Å². The van der Waals surface area contributed by atoms with E-state index in [4.69, 9.17) is 4.74 Å².